The van der Waals surface area contributed by atoms with Gasteiger partial charge in [-0.15, -0.1) is 0 Å². The first-order valence-corrected chi connectivity index (χ1v) is 15.3. The van der Waals surface area contributed by atoms with Crippen LogP contribution in [0.2, 0.25) is 0 Å². The Morgan fingerprint density at radius 1 is 1.20 bits per heavy atom. The van der Waals surface area contributed by atoms with E-state index in [9.17, 15) is 14.8 Å². The summed E-state index contributed by atoms with van der Waals surface area (Å²) in [4.78, 5) is 27.6. The highest BCUT2D eigenvalue weighted by molar-refractivity contribution is 5.89. The number of rotatable bonds is 5. The third kappa shape index (κ3) is 4.11. The summed E-state index contributed by atoms with van der Waals surface area (Å²) in [6.45, 7) is 6.03. The molecule has 4 aliphatic carbocycles. The number of halogens is 1. The van der Waals surface area contributed by atoms with E-state index in [-0.39, 0.29) is 30.1 Å². The molecule has 1 N–H and O–H groups in total. The van der Waals surface area contributed by atoms with E-state index in [4.69, 9.17) is 0 Å². The van der Waals surface area contributed by atoms with Crippen LogP contribution in [0.4, 0.5) is 10.1 Å². The van der Waals surface area contributed by atoms with Crippen LogP contribution in [-0.4, -0.2) is 42.8 Å². The zero-order chi connectivity index (χ0) is 28.1. The molecule has 0 bridgehead atoms. The molecule has 0 spiro atoms. The first-order chi connectivity index (χ1) is 19.4. The Labute approximate surface area is 237 Å². The number of alkyl halides is 1. The summed E-state index contributed by atoms with van der Waals surface area (Å²) >= 11 is 0. The number of benzene rings is 1. The van der Waals surface area contributed by atoms with Crippen molar-refractivity contribution in [2.24, 2.45) is 27.8 Å². The molecule has 3 fully saturated rings. The smallest absolute Gasteiger partial charge is 0.151 e. The number of nitrogens with zero attached hydrogens (tertiary/aromatic N) is 2. The Hall–Kier alpha value is -2.78. The summed E-state index contributed by atoms with van der Waals surface area (Å²) in [6.07, 6.45) is 7.42. The van der Waals surface area contributed by atoms with Crippen molar-refractivity contribution in [3.05, 3.63) is 57.5 Å². The standard InChI is InChI=1S/C34H41FN2O3/c1-3-31(39)34(14-6-18-38)15-13-29-27-20-30(35)26-19-23(36-40)9-12-25(26)32(27)28(21-33(29,34)2)22-7-10-24(11-8-22)37-16-4-5-17-37/h7-8,10-11,19,23,27-30,38H,3-5,9,12-13,15-18,20-21H2,1-2H3/t23?,27-,28?,29-,30?,33-,34+/m0/s1. The van der Waals surface area contributed by atoms with Crippen LogP contribution in [0.15, 0.2) is 52.2 Å². The molecule has 212 valence electrons. The highest BCUT2D eigenvalue weighted by Gasteiger charge is 2.65. The average Bonchev–Trinajstić information content (AvgIpc) is 3.62. The molecule has 3 unspecified atom stereocenters. The number of allylic oxidation sites excluding steroid dienone is 3. The Morgan fingerprint density at radius 3 is 2.62 bits per heavy atom. The van der Waals surface area contributed by atoms with E-state index in [1.54, 1.807) is 6.08 Å². The second-order valence-corrected chi connectivity index (χ2v) is 12.8. The lowest BCUT2D eigenvalue weighted by atomic mass is 9.48. The molecule has 2 saturated carbocycles. The highest BCUT2D eigenvalue weighted by Crippen LogP contribution is 2.70. The minimum Gasteiger partial charge on any atom is -0.384 e. The number of aliphatic hydroxyl groups is 1. The first kappa shape index (κ1) is 27.4. The number of fused-ring (bicyclic) bond motifs is 4. The average molecular weight is 545 g/mol. The molecule has 7 atom stereocenters. The van der Waals surface area contributed by atoms with Crippen molar-refractivity contribution in [2.45, 2.75) is 89.8 Å². The van der Waals surface area contributed by atoms with Crippen molar-refractivity contribution >= 4 is 11.5 Å². The summed E-state index contributed by atoms with van der Waals surface area (Å²) < 4.78 is 16.0. The SMILES string of the molecule is CCC(=O)[C@@]1(C#CCO)CC[C@H]2[C@@H]3CC(F)C4=CC(N=O)CCC4=C3C(c3ccc(N4CCCC4)cc3)C[C@@]21C. The number of hydrogen-bond donors (Lipinski definition) is 1. The number of anilines is 1. The van der Waals surface area contributed by atoms with Crippen molar-refractivity contribution in [1.29, 1.82) is 0 Å². The lowest BCUT2D eigenvalue weighted by Crippen LogP contribution is -2.51. The molecule has 1 aromatic carbocycles. The molecule has 6 heteroatoms. The zero-order valence-electron chi connectivity index (χ0n) is 23.8. The molecule has 40 heavy (non-hydrogen) atoms. The van der Waals surface area contributed by atoms with Gasteiger partial charge in [0.15, 0.2) is 5.78 Å². The van der Waals surface area contributed by atoms with Crippen LogP contribution in [-0.2, 0) is 4.79 Å². The fraction of sp³-hybridized carbons (Fsp3) is 0.618. The van der Waals surface area contributed by atoms with Crippen LogP contribution < -0.4 is 4.90 Å². The molecular formula is C34H41FN2O3. The highest BCUT2D eigenvalue weighted by atomic mass is 19.1. The van der Waals surface area contributed by atoms with E-state index in [1.165, 1.54) is 29.7 Å². The van der Waals surface area contributed by atoms with Gasteiger partial charge in [-0.1, -0.05) is 54.6 Å². The molecule has 1 heterocycles. The second-order valence-electron chi connectivity index (χ2n) is 12.8. The predicted octanol–water partition coefficient (Wildman–Crippen LogP) is 6.66. The largest absolute Gasteiger partial charge is 0.384 e. The van der Waals surface area contributed by atoms with E-state index in [0.29, 0.717) is 37.7 Å². The zero-order valence-corrected chi connectivity index (χ0v) is 23.8. The molecule has 0 aromatic heterocycles. The van der Waals surface area contributed by atoms with Crippen LogP contribution in [0, 0.1) is 39.4 Å². The van der Waals surface area contributed by atoms with Gasteiger partial charge >= 0.3 is 0 Å². The minimum absolute atomic E-state index is 0.0207. The van der Waals surface area contributed by atoms with Crippen molar-refractivity contribution in [3.63, 3.8) is 0 Å². The Balaban J connectivity index is 1.51. The quantitative estimate of drug-likeness (QED) is 0.332. The summed E-state index contributed by atoms with van der Waals surface area (Å²) in [7, 11) is 0. The van der Waals surface area contributed by atoms with E-state index in [2.05, 4.69) is 53.1 Å². The molecule has 6 rings (SSSR count). The monoisotopic (exact) mass is 544 g/mol. The summed E-state index contributed by atoms with van der Waals surface area (Å²) in [5.74, 6) is 6.53. The van der Waals surface area contributed by atoms with Crippen LogP contribution in [0.5, 0.6) is 0 Å². The second kappa shape index (κ2) is 10.6. The number of carbonyl (C=O) groups is 1. The van der Waals surface area contributed by atoms with E-state index >= 15 is 4.39 Å². The lowest BCUT2D eigenvalue weighted by Gasteiger charge is -2.55. The first-order valence-electron chi connectivity index (χ1n) is 15.3. The van der Waals surface area contributed by atoms with Crippen molar-refractivity contribution in [2.75, 3.05) is 24.6 Å². The third-order valence-corrected chi connectivity index (χ3v) is 11.1. The van der Waals surface area contributed by atoms with Gasteiger partial charge in [-0.25, -0.2) is 4.39 Å². The number of aliphatic hydroxyl groups excluding tert-OH is 1. The third-order valence-electron chi connectivity index (χ3n) is 11.1. The summed E-state index contributed by atoms with van der Waals surface area (Å²) in [5.41, 5.74) is 4.29. The summed E-state index contributed by atoms with van der Waals surface area (Å²) in [5, 5.41) is 12.9. The number of nitroso groups, excluding NO2 is 1. The molecule has 1 aliphatic heterocycles. The summed E-state index contributed by atoms with van der Waals surface area (Å²) in [6, 6.07) is 8.48. The number of Topliss-reactive ketones (excluding diaryl/α,β-unsaturated/α-hetero) is 1. The van der Waals surface area contributed by atoms with Crippen LogP contribution >= 0.6 is 0 Å². The molecule has 0 amide bonds. The van der Waals surface area contributed by atoms with Gasteiger partial charge < -0.3 is 10.0 Å². The molecule has 1 saturated heterocycles. The topological polar surface area (TPSA) is 70.0 Å². The van der Waals surface area contributed by atoms with Gasteiger partial charge in [0, 0.05) is 31.1 Å². The van der Waals surface area contributed by atoms with E-state index < -0.39 is 23.0 Å². The van der Waals surface area contributed by atoms with Gasteiger partial charge in [0.2, 0.25) is 0 Å². The van der Waals surface area contributed by atoms with Crippen LogP contribution in [0.1, 0.15) is 83.1 Å². The molecule has 5 nitrogen and oxygen atoms in total. The Morgan fingerprint density at radius 2 is 1.95 bits per heavy atom. The normalized spacial score (nSPS) is 36.6. The van der Waals surface area contributed by atoms with E-state index in [0.717, 1.165) is 31.5 Å². The molecule has 0 radical (unpaired) electrons. The van der Waals surface area contributed by atoms with Gasteiger partial charge in [0.25, 0.3) is 0 Å². The fourth-order valence-corrected chi connectivity index (χ4v) is 9.28. The maximum atomic E-state index is 16.0. The number of carbonyl (C=O) groups excluding carboxylic acids is 1. The van der Waals surface area contributed by atoms with Gasteiger partial charge in [-0.05, 0) is 97.5 Å². The van der Waals surface area contributed by atoms with E-state index in [1.807, 2.05) is 6.92 Å². The fourth-order valence-electron chi connectivity index (χ4n) is 9.28. The van der Waals surface area contributed by atoms with Crippen molar-refractivity contribution < 1.29 is 14.3 Å². The number of hydrogen-bond acceptors (Lipinski definition) is 5. The van der Waals surface area contributed by atoms with Gasteiger partial charge in [0.1, 0.15) is 18.8 Å². The van der Waals surface area contributed by atoms with Crippen molar-refractivity contribution in [1.82, 2.24) is 0 Å². The molecule has 5 aliphatic rings. The number of ketones is 1. The van der Waals surface area contributed by atoms with Gasteiger partial charge in [-0.3, -0.25) is 4.79 Å². The Bertz CT molecular complexity index is 1300. The molecular weight excluding hydrogens is 503 g/mol. The van der Waals surface area contributed by atoms with Crippen LogP contribution in [0.3, 0.4) is 0 Å². The molecule has 1 aromatic rings. The van der Waals surface area contributed by atoms with Crippen LogP contribution in [0.25, 0.3) is 0 Å². The van der Waals surface area contributed by atoms with Crippen molar-refractivity contribution in [3.8, 4) is 11.8 Å². The predicted molar refractivity (Wildman–Crippen MR) is 156 cm³/mol. The Kier molecular flexibility index (Phi) is 7.23. The minimum atomic E-state index is -1.13. The van der Waals surface area contributed by atoms with Gasteiger partial charge in [-0.2, -0.15) is 4.91 Å². The lowest BCUT2D eigenvalue weighted by molar-refractivity contribution is -0.132. The van der Waals surface area contributed by atoms with Gasteiger partial charge in [0.05, 0.1) is 5.41 Å². The maximum Gasteiger partial charge on any atom is 0.151 e. The maximum absolute atomic E-state index is 16.0.